The molecule has 1 aliphatic rings. The molecule has 0 aromatic rings. The highest BCUT2D eigenvalue weighted by molar-refractivity contribution is 5.70. The van der Waals surface area contributed by atoms with Gasteiger partial charge in [0, 0.05) is 13.0 Å². The summed E-state index contributed by atoms with van der Waals surface area (Å²) < 4.78 is 0. The summed E-state index contributed by atoms with van der Waals surface area (Å²) in [5, 5.41) is 20.3. The molecule has 4 nitrogen and oxygen atoms in total. The maximum Gasteiger partial charge on any atom is 0.306 e. The summed E-state index contributed by atoms with van der Waals surface area (Å²) in [4.78, 5) is 10.8. The molecule has 0 amide bonds. The van der Waals surface area contributed by atoms with Crippen molar-refractivity contribution in [2.24, 2.45) is 11.8 Å². The molecule has 78 valence electrons. The highest BCUT2D eigenvalue weighted by Crippen LogP contribution is 2.31. The number of rotatable bonds is 5. The van der Waals surface area contributed by atoms with Gasteiger partial charge in [-0.25, -0.2) is 0 Å². The molecule has 0 heterocycles. The molecule has 1 fully saturated rings. The van der Waals surface area contributed by atoms with Gasteiger partial charge in [-0.15, -0.1) is 0 Å². The van der Waals surface area contributed by atoms with Crippen molar-refractivity contribution in [2.45, 2.75) is 25.7 Å². The summed E-state index contributed by atoms with van der Waals surface area (Å²) in [6, 6.07) is 2.05. The Balaban J connectivity index is 2.23. The summed E-state index contributed by atoms with van der Waals surface area (Å²) in [7, 11) is 0. The number of nitrogens with one attached hydrogen (secondary N) is 1. The highest BCUT2D eigenvalue weighted by Gasteiger charge is 2.32. The Morgan fingerprint density at radius 1 is 1.57 bits per heavy atom. The molecule has 0 bridgehead atoms. The predicted molar refractivity (Wildman–Crippen MR) is 51.6 cm³/mol. The van der Waals surface area contributed by atoms with Crippen LogP contribution in [-0.4, -0.2) is 24.2 Å². The number of nitrogens with zero attached hydrogens (tertiary/aromatic N) is 1. The van der Waals surface area contributed by atoms with E-state index in [0.29, 0.717) is 13.0 Å². The Morgan fingerprint density at radius 3 is 3.00 bits per heavy atom. The molecule has 0 aromatic heterocycles. The molecule has 1 saturated carbocycles. The van der Waals surface area contributed by atoms with Gasteiger partial charge in [0.25, 0.3) is 0 Å². The van der Waals surface area contributed by atoms with E-state index in [9.17, 15) is 4.79 Å². The summed E-state index contributed by atoms with van der Waals surface area (Å²) in [6.07, 6.45) is 3.31. The first-order valence-electron chi connectivity index (χ1n) is 5.06. The van der Waals surface area contributed by atoms with Crippen LogP contribution in [0.2, 0.25) is 0 Å². The maximum absolute atomic E-state index is 10.8. The molecule has 0 saturated heterocycles. The third-order valence-corrected chi connectivity index (χ3v) is 2.80. The van der Waals surface area contributed by atoms with Crippen molar-refractivity contribution in [1.29, 1.82) is 5.26 Å². The van der Waals surface area contributed by atoms with Crippen LogP contribution in [0.5, 0.6) is 0 Å². The highest BCUT2D eigenvalue weighted by atomic mass is 16.4. The van der Waals surface area contributed by atoms with Gasteiger partial charge in [0.2, 0.25) is 0 Å². The smallest absolute Gasteiger partial charge is 0.306 e. The molecule has 0 radical (unpaired) electrons. The number of hydrogen-bond donors (Lipinski definition) is 2. The van der Waals surface area contributed by atoms with Gasteiger partial charge in [0.15, 0.2) is 0 Å². The normalized spacial score (nSPS) is 25.9. The monoisotopic (exact) mass is 196 g/mol. The summed E-state index contributed by atoms with van der Waals surface area (Å²) >= 11 is 0. The van der Waals surface area contributed by atoms with Crippen molar-refractivity contribution in [3.8, 4) is 6.07 Å². The van der Waals surface area contributed by atoms with E-state index in [1.165, 1.54) is 0 Å². The maximum atomic E-state index is 10.8. The average Bonchev–Trinajstić information content (AvgIpc) is 2.60. The molecule has 2 atom stereocenters. The van der Waals surface area contributed by atoms with E-state index >= 15 is 0 Å². The summed E-state index contributed by atoms with van der Waals surface area (Å²) in [5.41, 5.74) is 0. The Kier molecular flexibility index (Phi) is 4.41. The average molecular weight is 196 g/mol. The molecule has 0 spiro atoms. The van der Waals surface area contributed by atoms with Crippen LogP contribution in [0.15, 0.2) is 0 Å². The first-order chi connectivity index (χ1) is 6.75. The lowest BCUT2D eigenvalue weighted by atomic mass is 9.96. The minimum absolute atomic E-state index is 0.176. The summed E-state index contributed by atoms with van der Waals surface area (Å²) in [6.45, 7) is 1.40. The molecular weight excluding hydrogens is 180 g/mol. The SMILES string of the molecule is N#CCCNCC1CCCC1C(=O)O. The third kappa shape index (κ3) is 3.00. The van der Waals surface area contributed by atoms with Gasteiger partial charge in [-0.05, 0) is 25.3 Å². The molecule has 14 heavy (non-hydrogen) atoms. The van der Waals surface area contributed by atoms with E-state index in [-0.39, 0.29) is 11.8 Å². The Hall–Kier alpha value is -1.08. The molecule has 2 unspecified atom stereocenters. The zero-order valence-corrected chi connectivity index (χ0v) is 8.20. The van der Waals surface area contributed by atoms with Gasteiger partial charge in [0.1, 0.15) is 0 Å². The Morgan fingerprint density at radius 2 is 2.36 bits per heavy atom. The fourth-order valence-corrected chi connectivity index (χ4v) is 2.04. The lowest BCUT2D eigenvalue weighted by Gasteiger charge is -2.15. The van der Waals surface area contributed by atoms with Crippen LogP contribution in [-0.2, 0) is 4.79 Å². The molecular formula is C10H16N2O2. The lowest BCUT2D eigenvalue weighted by Crippen LogP contribution is -2.29. The van der Waals surface area contributed by atoms with E-state index < -0.39 is 5.97 Å². The van der Waals surface area contributed by atoms with Crippen molar-refractivity contribution >= 4 is 5.97 Å². The number of carbonyl (C=O) groups is 1. The van der Waals surface area contributed by atoms with E-state index in [2.05, 4.69) is 5.32 Å². The largest absolute Gasteiger partial charge is 0.481 e. The van der Waals surface area contributed by atoms with Crippen molar-refractivity contribution in [1.82, 2.24) is 5.32 Å². The van der Waals surface area contributed by atoms with E-state index in [1.807, 2.05) is 6.07 Å². The number of nitriles is 1. The van der Waals surface area contributed by atoms with E-state index in [0.717, 1.165) is 25.8 Å². The fraction of sp³-hybridized carbons (Fsp3) is 0.800. The molecule has 0 aliphatic heterocycles. The zero-order chi connectivity index (χ0) is 10.4. The number of hydrogen-bond acceptors (Lipinski definition) is 3. The number of aliphatic carboxylic acids is 1. The van der Waals surface area contributed by atoms with Gasteiger partial charge >= 0.3 is 5.97 Å². The molecule has 1 aliphatic carbocycles. The minimum Gasteiger partial charge on any atom is -0.481 e. The standard InChI is InChI=1S/C10H16N2O2/c11-5-2-6-12-7-8-3-1-4-9(8)10(13)14/h8-9,12H,1-4,6-7H2,(H,13,14). The van der Waals surface area contributed by atoms with Crippen LogP contribution in [0.3, 0.4) is 0 Å². The van der Waals surface area contributed by atoms with Gasteiger partial charge in [-0.3, -0.25) is 4.79 Å². The van der Waals surface area contributed by atoms with Crippen molar-refractivity contribution in [2.75, 3.05) is 13.1 Å². The third-order valence-electron chi connectivity index (χ3n) is 2.80. The fourth-order valence-electron chi connectivity index (χ4n) is 2.04. The van der Waals surface area contributed by atoms with Crippen molar-refractivity contribution < 1.29 is 9.90 Å². The van der Waals surface area contributed by atoms with Crippen molar-refractivity contribution in [3.63, 3.8) is 0 Å². The predicted octanol–water partition coefficient (Wildman–Crippen LogP) is 0.991. The van der Waals surface area contributed by atoms with Crippen LogP contribution in [0, 0.1) is 23.2 Å². The first-order valence-corrected chi connectivity index (χ1v) is 5.06. The lowest BCUT2D eigenvalue weighted by molar-refractivity contribution is -0.142. The Labute approximate surface area is 83.9 Å². The van der Waals surface area contributed by atoms with E-state index in [4.69, 9.17) is 10.4 Å². The number of carboxylic acids is 1. The molecule has 4 heteroatoms. The van der Waals surface area contributed by atoms with Gasteiger partial charge < -0.3 is 10.4 Å². The number of carboxylic acid groups (broad SMARTS) is 1. The Bertz CT molecular complexity index is 235. The summed E-state index contributed by atoms with van der Waals surface area (Å²) in [5.74, 6) is -0.592. The van der Waals surface area contributed by atoms with Gasteiger partial charge in [0.05, 0.1) is 12.0 Å². The second-order valence-electron chi connectivity index (χ2n) is 3.75. The van der Waals surface area contributed by atoms with Gasteiger partial charge in [-0.1, -0.05) is 6.42 Å². The molecule has 2 N–H and O–H groups in total. The quantitative estimate of drug-likeness (QED) is 0.643. The van der Waals surface area contributed by atoms with E-state index in [1.54, 1.807) is 0 Å². The second-order valence-corrected chi connectivity index (χ2v) is 3.75. The topological polar surface area (TPSA) is 73.1 Å². The van der Waals surface area contributed by atoms with Crippen LogP contribution in [0.25, 0.3) is 0 Å². The molecule has 1 rings (SSSR count). The van der Waals surface area contributed by atoms with Crippen LogP contribution < -0.4 is 5.32 Å². The molecule has 0 aromatic carbocycles. The van der Waals surface area contributed by atoms with Crippen LogP contribution in [0.4, 0.5) is 0 Å². The van der Waals surface area contributed by atoms with Crippen LogP contribution in [0.1, 0.15) is 25.7 Å². The van der Waals surface area contributed by atoms with Gasteiger partial charge in [-0.2, -0.15) is 5.26 Å². The minimum atomic E-state index is -0.672. The first kappa shape index (κ1) is 11.0. The zero-order valence-electron chi connectivity index (χ0n) is 8.20. The van der Waals surface area contributed by atoms with Crippen molar-refractivity contribution in [3.05, 3.63) is 0 Å². The second kappa shape index (κ2) is 5.61. The van der Waals surface area contributed by atoms with Crippen LogP contribution >= 0.6 is 0 Å².